The molecule has 2 aromatic carbocycles. The Morgan fingerprint density at radius 1 is 1.14 bits per heavy atom. The molecule has 29 heavy (non-hydrogen) atoms. The predicted molar refractivity (Wildman–Crippen MR) is 122 cm³/mol. The minimum absolute atomic E-state index is 0.192. The van der Waals surface area contributed by atoms with Crippen LogP contribution in [0, 0.1) is 0 Å². The van der Waals surface area contributed by atoms with Gasteiger partial charge < -0.3 is 4.74 Å². The molecule has 0 aliphatic heterocycles. The number of benzene rings is 2. The number of hydrogen-bond donors (Lipinski definition) is 1. The van der Waals surface area contributed by atoms with Gasteiger partial charge in [0, 0.05) is 17.0 Å². The van der Waals surface area contributed by atoms with Crippen LogP contribution in [-0.2, 0) is 4.79 Å². The molecule has 5 heteroatoms. The summed E-state index contributed by atoms with van der Waals surface area (Å²) in [5.74, 6) is 1.16. The Balaban J connectivity index is 1.58. The molecule has 1 N–H and O–H groups in total. The quantitative estimate of drug-likeness (QED) is 0.442. The Hall–Kier alpha value is -2.92. The van der Waals surface area contributed by atoms with Crippen molar-refractivity contribution in [3.8, 4) is 17.0 Å². The Kier molecular flexibility index (Phi) is 7.19. The van der Waals surface area contributed by atoms with Crippen molar-refractivity contribution in [3.63, 3.8) is 0 Å². The number of nitrogens with one attached hydrogen (secondary N) is 1. The average Bonchev–Trinajstić information content (AvgIpc) is 3.19. The summed E-state index contributed by atoms with van der Waals surface area (Å²) < 4.78 is 5.60. The van der Waals surface area contributed by atoms with Crippen molar-refractivity contribution in [2.24, 2.45) is 0 Å². The standard InChI is InChI=1S/C24H26N2O2S/c1-4-15-28-21-12-10-20(11-13-21)22-16-29-24(25-22)26-23(27)14-7-18-5-8-19(9-6-18)17(2)3/h5-14,16-17H,4,15H2,1-3H3,(H,25,26,27)/b14-7+. The number of anilines is 1. The van der Waals surface area contributed by atoms with Crippen LogP contribution in [0.5, 0.6) is 5.75 Å². The van der Waals surface area contributed by atoms with Crippen molar-refractivity contribution in [3.05, 3.63) is 71.1 Å². The zero-order chi connectivity index (χ0) is 20.6. The number of nitrogens with zero attached hydrogens (tertiary/aromatic N) is 1. The van der Waals surface area contributed by atoms with Gasteiger partial charge in [-0.1, -0.05) is 45.0 Å². The van der Waals surface area contributed by atoms with Gasteiger partial charge in [0.25, 0.3) is 0 Å². The highest BCUT2D eigenvalue weighted by molar-refractivity contribution is 7.14. The first-order chi connectivity index (χ1) is 14.0. The van der Waals surface area contributed by atoms with Crippen LogP contribution >= 0.6 is 11.3 Å². The first kappa shape index (κ1) is 20.8. The van der Waals surface area contributed by atoms with Crippen LogP contribution in [0.4, 0.5) is 5.13 Å². The second kappa shape index (κ2) is 10.0. The van der Waals surface area contributed by atoms with Crippen molar-refractivity contribution in [1.29, 1.82) is 0 Å². The number of ether oxygens (including phenoxy) is 1. The number of carbonyl (C=O) groups excluding carboxylic acids is 1. The second-order valence-electron chi connectivity index (χ2n) is 7.05. The lowest BCUT2D eigenvalue weighted by Gasteiger charge is -2.04. The first-order valence-corrected chi connectivity index (χ1v) is 10.7. The largest absolute Gasteiger partial charge is 0.494 e. The number of carbonyl (C=O) groups is 1. The highest BCUT2D eigenvalue weighted by atomic mass is 32.1. The maximum Gasteiger partial charge on any atom is 0.250 e. The summed E-state index contributed by atoms with van der Waals surface area (Å²) in [7, 11) is 0. The van der Waals surface area contributed by atoms with E-state index in [1.165, 1.54) is 23.0 Å². The van der Waals surface area contributed by atoms with Gasteiger partial charge in [-0.25, -0.2) is 4.98 Å². The molecule has 0 saturated carbocycles. The lowest BCUT2D eigenvalue weighted by molar-refractivity contribution is -0.111. The van der Waals surface area contributed by atoms with Crippen LogP contribution in [0.15, 0.2) is 60.0 Å². The van der Waals surface area contributed by atoms with E-state index in [-0.39, 0.29) is 5.91 Å². The van der Waals surface area contributed by atoms with Crippen molar-refractivity contribution >= 4 is 28.5 Å². The van der Waals surface area contributed by atoms with E-state index in [9.17, 15) is 4.79 Å². The van der Waals surface area contributed by atoms with E-state index in [1.807, 2.05) is 47.9 Å². The van der Waals surface area contributed by atoms with Gasteiger partial charge in [-0.3, -0.25) is 10.1 Å². The summed E-state index contributed by atoms with van der Waals surface area (Å²) in [6, 6.07) is 16.1. The third-order valence-corrected chi connectivity index (χ3v) is 5.15. The summed E-state index contributed by atoms with van der Waals surface area (Å²) in [5, 5.41) is 5.34. The minimum Gasteiger partial charge on any atom is -0.494 e. The summed E-state index contributed by atoms with van der Waals surface area (Å²) in [6.07, 6.45) is 4.32. The highest BCUT2D eigenvalue weighted by Gasteiger charge is 2.07. The molecule has 1 aromatic heterocycles. The van der Waals surface area contributed by atoms with Crippen LogP contribution in [0.3, 0.4) is 0 Å². The smallest absolute Gasteiger partial charge is 0.250 e. The number of thiazole rings is 1. The van der Waals surface area contributed by atoms with E-state index in [0.29, 0.717) is 17.7 Å². The third kappa shape index (κ3) is 6.03. The second-order valence-corrected chi connectivity index (χ2v) is 7.91. The molecule has 0 radical (unpaired) electrons. The molecule has 150 valence electrons. The molecule has 1 heterocycles. The van der Waals surface area contributed by atoms with Crippen molar-refractivity contribution in [2.75, 3.05) is 11.9 Å². The molecule has 0 aliphatic carbocycles. The lowest BCUT2D eigenvalue weighted by atomic mass is 10.0. The van der Waals surface area contributed by atoms with Crippen LogP contribution in [0.25, 0.3) is 17.3 Å². The molecule has 4 nitrogen and oxygen atoms in total. The molecule has 0 unspecified atom stereocenters. The van der Waals surface area contributed by atoms with E-state index >= 15 is 0 Å². The van der Waals surface area contributed by atoms with Gasteiger partial charge in [0.2, 0.25) is 5.91 Å². The summed E-state index contributed by atoms with van der Waals surface area (Å²) in [5.41, 5.74) is 4.11. The van der Waals surface area contributed by atoms with E-state index in [1.54, 1.807) is 0 Å². The zero-order valence-corrected chi connectivity index (χ0v) is 17.8. The molecule has 0 saturated heterocycles. The molecule has 0 bridgehead atoms. The van der Waals surface area contributed by atoms with Gasteiger partial charge in [-0.15, -0.1) is 11.3 Å². The molecular weight excluding hydrogens is 380 g/mol. The Bertz CT molecular complexity index is 957. The molecule has 1 amide bonds. The highest BCUT2D eigenvalue weighted by Crippen LogP contribution is 2.26. The van der Waals surface area contributed by atoms with Crippen LogP contribution < -0.4 is 10.1 Å². The fourth-order valence-electron chi connectivity index (χ4n) is 2.72. The van der Waals surface area contributed by atoms with E-state index in [0.717, 1.165) is 29.0 Å². The molecule has 0 spiro atoms. The van der Waals surface area contributed by atoms with Crippen molar-refractivity contribution < 1.29 is 9.53 Å². The number of hydrogen-bond acceptors (Lipinski definition) is 4. The Morgan fingerprint density at radius 2 is 1.86 bits per heavy atom. The fraction of sp³-hybridized carbons (Fsp3) is 0.250. The van der Waals surface area contributed by atoms with Crippen LogP contribution in [0.2, 0.25) is 0 Å². The molecule has 0 atom stereocenters. The summed E-state index contributed by atoms with van der Waals surface area (Å²) >= 11 is 1.41. The van der Waals surface area contributed by atoms with Gasteiger partial charge in [0.15, 0.2) is 5.13 Å². The Morgan fingerprint density at radius 3 is 2.52 bits per heavy atom. The molecular formula is C24H26N2O2S. The van der Waals surface area contributed by atoms with E-state index in [4.69, 9.17) is 4.74 Å². The van der Waals surface area contributed by atoms with Crippen molar-refractivity contribution in [2.45, 2.75) is 33.1 Å². The van der Waals surface area contributed by atoms with Crippen molar-refractivity contribution in [1.82, 2.24) is 4.98 Å². The normalized spacial score (nSPS) is 11.2. The Labute approximate surface area is 176 Å². The average molecular weight is 407 g/mol. The maximum atomic E-state index is 12.2. The van der Waals surface area contributed by atoms with Gasteiger partial charge >= 0.3 is 0 Å². The molecule has 0 aliphatic rings. The maximum absolute atomic E-state index is 12.2. The zero-order valence-electron chi connectivity index (χ0n) is 17.0. The molecule has 3 aromatic rings. The van der Waals surface area contributed by atoms with E-state index in [2.05, 4.69) is 43.2 Å². The van der Waals surface area contributed by atoms with Crippen LogP contribution in [-0.4, -0.2) is 17.5 Å². The predicted octanol–water partition coefficient (Wildman–Crippen LogP) is 6.37. The van der Waals surface area contributed by atoms with Gasteiger partial charge in [0.1, 0.15) is 5.75 Å². The summed E-state index contributed by atoms with van der Waals surface area (Å²) in [6.45, 7) is 7.11. The van der Waals surface area contributed by atoms with Crippen LogP contribution in [0.1, 0.15) is 44.2 Å². The monoisotopic (exact) mass is 406 g/mol. The SMILES string of the molecule is CCCOc1ccc(-c2csc(NC(=O)/C=C/c3ccc(C(C)C)cc3)n2)cc1. The number of rotatable bonds is 8. The topological polar surface area (TPSA) is 51.2 Å². The third-order valence-electron chi connectivity index (χ3n) is 4.39. The minimum atomic E-state index is -0.192. The number of amides is 1. The van der Waals surface area contributed by atoms with Gasteiger partial charge in [-0.2, -0.15) is 0 Å². The molecule has 0 fully saturated rings. The summed E-state index contributed by atoms with van der Waals surface area (Å²) in [4.78, 5) is 16.7. The number of aromatic nitrogens is 1. The first-order valence-electron chi connectivity index (χ1n) is 9.83. The van der Waals surface area contributed by atoms with E-state index < -0.39 is 0 Å². The van der Waals surface area contributed by atoms with Gasteiger partial charge in [0.05, 0.1) is 12.3 Å². The fourth-order valence-corrected chi connectivity index (χ4v) is 3.44. The molecule has 3 rings (SSSR count). The van der Waals surface area contributed by atoms with Gasteiger partial charge in [-0.05, 0) is 53.8 Å². The lowest BCUT2D eigenvalue weighted by Crippen LogP contribution is -2.07.